The van der Waals surface area contributed by atoms with E-state index >= 15 is 0 Å². The highest BCUT2D eigenvalue weighted by Gasteiger charge is 2.13. The van der Waals surface area contributed by atoms with Gasteiger partial charge < -0.3 is 5.32 Å². The van der Waals surface area contributed by atoms with E-state index in [0.717, 1.165) is 17.5 Å². The first-order valence-electron chi connectivity index (χ1n) is 7.80. The first-order chi connectivity index (χ1) is 12.5. The van der Waals surface area contributed by atoms with E-state index in [9.17, 15) is 9.18 Å². The van der Waals surface area contributed by atoms with Crippen molar-refractivity contribution >= 4 is 11.6 Å². The fourth-order valence-electron chi connectivity index (χ4n) is 2.30. The monoisotopic (exact) mass is 351 g/mol. The van der Waals surface area contributed by atoms with Crippen LogP contribution in [0.5, 0.6) is 0 Å². The first kappa shape index (κ1) is 18.8. The van der Waals surface area contributed by atoms with Crippen molar-refractivity contribution in [3.05, 3.63) is 77.7 Å². The molecule has 0 fully saturated rings. The molecule has 1 amide bonds. The number of hydrogen-bond donors (Lipinski definition) is 1. The Labute approximate surface area is 151 Å². The number of halogens is 1. The van der Waals surface area contributed by atoms with Crippen LogP contribution in [-0.2, 0) is 0 Å². The minimum atomic E-state index is -0.694. The molecule has 0 unspecified atom stereocenters. The third-order valence-corrected chi connectivity index (χ3v) is 3.65. The first-order valence-corrected chi connectivity index (χ1v) is 7.80. The van der Waals surface area contributed by atoms with Gasteiger partial charge in [0.1, 0.15) is 11.8 Å². The van der Waals surface area contributed by atoms with Gasteiger partial charge in [-0.05, 0) is 30.7 Å². The third kappa shape index (κ3) is 4.51. The van der Waals surface area contributed by atoms with E-state index in [1.54, 1.807) is 24.2 Å². The molecular formula is C19H18FN5O. The Hall–Kier alpha value is -3.53. The summed E-state index contributed by atoms with van der Waals surface area (Å²) in [5, 5.41) is 17.3. The number of nitriles is 1. The van der Waals surface area contributed by atoms with E-state index in [0.29, 0.717) is 17.8 Å². The van der Waals surface area contributed by atoms with E-state index in [1.165, 1.54) is 18.3 Å². The second-order valence-corrected chi connectivity index (χ2v) is 5.46. The lowest BCUT2D eigenvalue weighted by molar-refractivity contribution is 0.0963. The Kier molecular flexibility index (Phi) is 6.17. The number of hydrazone groups is 1. The molecule has 2 heterocycles. The van der Waals surface area contributed by atoms with Crippen LogP contribution in [-0.4, -0.2) is 28.7 Å². The van der Waals surface area contributed by atoms with Crippen LogP contribution in [0, 0.1) is 17.1 Å². The van der Waals surface area contributed by atoms with Gasteiger partial charge in [-0.3, -0.25) is 14.8 Å². The van der Waals surface area contributed by atoms with Crippen LogP contribution in [0.15, 0.2) is 71.4 Å². The van der Waals surface area contributed by atoms with Crippen molar-refractivity contribution < 1.29 is 9.18 Å². The summed E-state index contributed by atoms with van der Waals surface area (Å²) < 4.78 is 13.6. The number of allylic oxidation sites excluding steroid dienone is 5. The van der Waals surface area contributed by atoms with Gasteiger partial charge >= 0.3 is 0 Å². The number of hydrogen-bond acceptors (Lipinski definition) is 5. The highest BCUT2D eigenvalue weighted by Crippen LogP contribution is 2.19. The maximum absolute atomic E-state index is 13.6. The number of nitrogens with zero attached hydrogens (tertiary/aromatic N) is 4. The van der Waals surface area contributed by atoms with Crippen molar-refractivity contribution in [3.63, 3.8) is 0 Å². The van der Waals surface area contributed by atoms with Gasteiger partial charge in [-0.2, -0.15) is 10.4 Å². The lowest BCUT2D eigenvalue weighted by atomic mass is 10.1. The van der Waals surface area contributed by atoms with Gasteiger partial charge in [0, 0.05) is 25.4 Å². The summed E-state index contributed by atoms with van der Waals surface area (Å²) in [6, 6.07) is 3.34. The van der Waals surface area contributed by atoms with Crippen molar-refractivity contribution in [1.29, 1.82) is 5.26 Å². The van der Waals surface area contributed by atoms with E-state index in [4.69, 9.17) is 5.26 Å². The number of likely N-dealkylation sites (N-methyl/N-ethyl adjacent to an activating group) is 1. The number of nitrogens with one attached hydrogen (secondary N) is 1. The molecule has 0 saturated heterocycles. The summed E-state index contributed by atoms with van der Waals surface area (Å²) in [6.45, 7) is 5.54. The van der Waals surface area contributed by atoms with Gasteiger partial charge in [0.05, 0.1) is 17.5 Å². The minimum absolute atomic E-state index is 0.0958. The summed E-state index contributed by atoms with van der Waals surface area (Å²) in [6.07, 6.45) is 9.62. The standard InChI is InChI=1S/C19H18FN5O/c1-4-14(23-19(26)16-9-10-22-12-17(16)20)6-5-13(2)18-8-7-15(11-21)24-25(18)3/h4-6,8-10,12H,1,7H2,2-3H3,(H,23,26). The molecule has 7 heteroatoms. The average molecular weight is 351 g/mol. The van der Waals surface area contributed by atoms with Gasteiger partial charge in [0.25, 0.3) is 5.91 Å². The zero-order valence-corrected chi connectivity index (χ0v) is 14.5. The Balaban J connectivity index is 2.14. The largest absolute Gasteiger partial charge is 0.322 e. The molecule has 132 valence electrons. The molecule has 0 bridgehead atoms. The highest BCUT2D eigenvalue weighted by atomic mass is 19.1. The van der Waals surface area contributed by atoms with Crippen molar-refractivity contribution in [2.24, 2.45) is 5.10 Å². The van der Waals surface area contributed by atoms with Gasteiger partial charge in [-0.25, -0.2) is 4.39 Å². The molecule has 0 aliphatic carbocycles. The summed E-state index contributed by atoms with van der Waals surface area (Å²) in [4.78, 5) is 15.8. The molecule has 1 aliphatic heterocycles. The molecule has 6 nitrogen and oxygen atoms in total. The number of amides is 1. The lowest BCUT2D eigenvalue weighted by Crippen LogP contribution is -2.23. The summed E-state index contributed by atoms with van der Waals surface area (Å²) in [5.41, 5.74) is 2.51. The molecule has 1 aliphatic rings. The molecule has 2 rings (SSSR count). The van der Waals surface area contributed by atoms with Crippen LogP contribution in [0.2, 0.25) is 0 Å². The van der Waals surface area contributed by atoms with Crippen LogP contribution in [0.1, 0.15) is 23.7 Å². The topological polar surface area (TPSA) is 81.4 Å². The van der Waals surface area contributed by atoms with E-state index in [-0.39, 0.29) is 5.56 Å². The second-order valence-electron chi connectivity index (χ2n) is 5.46. The molecule has 1 aromatic heterocycles. The molecular weight excluding hydrogens is 333 g/mol. The number of pyridine rings is 1. The predicted octanol–water partition coefficient (Wildman–Crippen LogP) is 3.07. The van der Waals surface area contributed by atoms with Crippen LogP contribution in [0.25, 0.3) is 0 Å². The Bertz CT molecular complexity index is 889. The summed E-state index contributed by atoms with van der Waals surface area (Å²) >= 11 is 0. The lowest BCUT2D eigenvalue weighted by Gasteiger charge is -2.21. The molecule has 0 spiro atoms. The zero-order chi connectivity index (χ0) is 19.1. The predicted molar refractivity (Wildman–Crippen MR) is 97.2 cm³/mol. The van der Waals surface area contributed by atoms with E-state index in [2.05, 4.69) is 22.0 Å². The molecule has 26 heavy (non-hydrogen) atoms. The van der Waals surface area contributed by atoms with Gasteiger partial charge in [0.15, 0.2) is 5.82 Å². The third-order valence-electron chi connectivity index (χ3n) is 3.65. The molecule has 0 aromatic carbocycles. The Morgan fingerprint density at radius 1 is 1.50 bits per heavy atom. The molecule has 0 saturated carbocycles. The normalized spacial score (nSPS) is 14.9. The molecule has 0 radical (unpaired) electrons. The SMILES string of the molecule is C=CC(=CC=C(C)C1=CCC(C#N)=NN1C)NC(=O)c1ccncc1F. The number of rotatable bonds is 5. The quantitative estimate of drug-likeness (QED) is 0.827. The van der Waals surface area contributed by atoms with Crippen LogP contribution < -0.4 is 5.32 Å². The van der Waals surface area contributed by atoms with Gasteiger partial charge in [0.2, 0.25) is 0 Å². The number of aromatic nitrogens is 1. The van der Waals surface area contributed by atoms with Crippen LogP contribution >= 0.6 is 0 Å². The maximum Gasteiger partial charge on any atom is 0.258 e. The maximum atomic E-state index is 13.6. The second kappa shape index (κ2) is 8.53. The summed E-state index contributed by atoms with van der Waals surface area (Å²) in [7, 11) is 1.76. The number of carbonyl (C=O) groups excluding carboxylic acids is 1. The van der Waals surface area contributed by atoms with Crippen molar-refractivity contribution in [1.82, 2.24) is 15.3 Å². The minimum Gasteiger partial charge on any atom is -0.322 e. The van der Waals surface area contributed by atoms with Crippen molar-refractivity contribution in [2.75, 3.05) is 7.05 Å². The zero-order valence-electron chi connectivity index (χ0n) is 14.5. The summed E-state index contributed by atoms with van der Waals surface area (Å²) in [5.74, 6) is -1.28. The fourth-order valence-corrected chi connectivity index (χ4v) is 2.30. The Morgan fingerprint density at radius 3 is 2.88 bits per heavy atom. The molecule has 0 atom stereocenters. The van der Waals surface area contributed by atoms with Crippen molar-refractivity contribution in [2.45, 2.75) is 13.3 Å². The fraction of sp³-hybridized carbons (Fsp3) is 0.158. The molecule has 1 aromatic rings. The van der Waals surface area contributed by atoms with Crippen LogP contribution in [0.4, 0.5) is 4.39 Å². The van der Waals surface area contributed by atoms with Gasteiger partial charge in [-0.15, -0.1) is 0 Å². The average Bonchev–Trinajstić information content (AvgIpc) is 2.64. The van der Waals surface area contributed by atoms with Gasteiger partial charge in [-0.1, -0.05) is 18.7 Å². The molecule has 1 N–H and O–H groups in total. The smallest absolute Gasteiger partial charge is 0.258 e. The van der Waals surface area contributed by atoms with Crippen LogP contribution in [0.3, 0.4) is 0 Å². The highest BCUT2D eigenvalue weighted by molar-refractivity contribution is 5.99. The van der Waals surface area contributed by atoms with Crippen molar-refractivity contribution in [3.8, 4) is 6.07 Å². The Morgan fingerprint density at radius 2 is 2.27 bits per heavy atom. The number of carbonyl (C=O) groups is 1. The van der Waals surface area contributed by atoms with E-state index in [1.807, 2.05) is 19.1 Å². The van der Waals surface area contributed by atoms with E-state index < -0.39 is 11.7 Å².